The molecule has 1 aromatic heterocycles. The third-order valence-electron chi connectivity index (χ3n) is 5.95. The Morgan fingerprint density at radius 2 is 2.12 bits per heavy atom. The van der Waals surface area contributed by atoms with Gasteiger partial charge in [0, 0.05) is 30.4 Å². The van der Waals surface area contributed by atoms with Crippen LogP contribution in [0, 0.1) is 12.7 Å². The summed E-state index contributed by atoms with van der Waals surface area (Å²) in [5.74, 6) is 0.273. The molecule has 3 heterocycles. The number of nitrogens with two attached hydrogens (primary N) is 1. The number of carbonyl (C=O) groups excluding carboxylic acids is 1. The monoisotopic (exact) mass is 356 g/mol. The number of carbonyl (C=O) groups is 1. The molecule has 5 nitrogen and oxygen atoms in total. The molecule has 138 valence electrons. The Hall–Kier alpha value is -2.21. The lowest BCUT2D eigenvalue weighted by Crippen LogP contribution is -2.53. The van der Waals surface area contributed by atoms with E-state index in [1.54, 1.807) is 25.5 Å². The number of nitrogens with zero attached hydrogens (tertiary/aromatic N) is 2. The summed E-state index contributed by atoms with van der Waals surface area (Å²) in [5.41, 5.74) is 8.96. The molecule has 2 aliphatic heterocycles. The van der Waals surface area contributed by atoms with Gasteiger partial charge < -0.3 is 15.6 Å². The molecule has 2 fully saturated rings. The second-order valence-corrected chi connectivity index (χ2v) is 7.69. The van der Waals surface area contributed by atoms with E-state index in [1.807, 2.05) is 17.0 Å². The molecule has 1 aromatic carbocycles. The molecular weight excluding hydrogens is 331 g/mol. The maximum Gasteiger partial charge on any atom is 0.240 e. The Kier molecular flexibility index (Phi) is 4.53. The summed E-state index contributed by atoms with van der Waals surface area (Å²) >= 11 is 0. The summed E-state index contributed by atoms with van der Waals surface area (Å²) in [6.45, 7) is 1.81. The van der Waals surface area contributed by atoms with Gasteiger partial charge in [0.05, 0.1) is 12.4 Å². The van der Waals surface area contributed by atoms with E-state index >= 15 is 0 Å². The summed E-state index contributed by atoms with van der Waals surface area (Å²) in [5, 5.41) is 0. The molecule has 3 N–H and O–H groups in total. The van der Waals surface area contributed by atoms with Crippen molar-refractivity contribution in [2.75, 3.05) is 0 Å². The fourth-order valence-corrected chi connectivity index (χ4v) is 4.64. The summed E-state index contributed by atoms with van der Waals surface area (Å²) in [4.78, 5) is 22.0. The van der Waals surface area contributed by atoms with Crippen molar-refractivity contribution in [3.05, 3.63) is 53.4 Å². The van der Waals surface area contributed by atoms with E-state index in [-0.39, 0.29) is 23.8 Å². The highest BCUT2D eigenvalue weighted by Crippen LogP contribution is 2.43. The van der Waals surface area contributed by atoms with Gasteiger partial charge in [-0.1, -0.05) is 12.1 Å². The minimum atomic E-state index is -0.539. The standard InChI is InChI=1S/C20H25FN4O/c1-12-6-13(2-5-18(12)21)14-7-16-3-4-17(8-14)25(16)20(26)19(22)9-15-10-23-11-24-15/h2,5-6,10-11,14,16-17,19H,3-4,7-9,22H2,1H3,(H,23,24)/t14?,16-,17+,19-/m0/s1. The molecule has 2 saturated heterocycles. The predicted octanol–water partition coefficient (Wildman–Crippen LogP) is 2.66. The Labute approximate surface area is 152 Å². The molecule has 2 aromatic rings. The number of nitrogens with one attached hydrogen (secondary N) is 1. The van der Waals surface area contributed by atoms with Crippen LogP contribution in [0.2, 0.25) is 0 Å². The van der Waals surface area contributed by atoms with Gasteiger partial charge in [-0.25, -0.2) is 9.37 Å². The van der Waals surface area contributed by atoms with Crippen molar-refractivity contribution in [3.63, 3.8) is 0 Å². The van der Waals surface area contributed by atoms with Crippen LogP contribution >= 0.6 is 0 Å². The Bertz CT molecular complexity index is 777. The van der Waals surface area contributed by atoms with Gasteiger partial charge in [0.1, 0.15) is 5.82 Å². The van der Waals surface area contributed by atoms with E-state index in [0.717, 1.165) is 31.4 Å². The summed E-state index contributed by atoms with van der Waals surface area (Å²) in [6, 6.07) is 5.36. The number of H-pyrrole nitrogens is 1. The SMILES string of the molecule is Cc1cc(C2C[C@H]3CC[C@@H](C2)N3C(=O)[C@@H](N)Cc2cnc[nH]2)ccc1F. The van der Waals surface area contributed by atoms with Gasteiger partial charge in [-0.15, -0.1) is 0 Å². The number of halogens is 1. The molecular formula is C20H25FN4O. The fraction of sp³-hybridized carbons (Fsp3) is 0.500. The first kappa shape index (κ1) is 17.2. The average Bonchev–Trinajstić information content (AvgIpc) is 3.22. The van der Waals surface area contributed by atoms with Crippen LogP contribution in [0.25, 0.3) is 0 Å². The lowest BCUT2D eigenvalue weighted by molar-refractivity contribution is -0.137. The van der Waals surface area contributed by atoms with Crippen molar-refractivity contribution in [2.24, 2.45) is 5.73 Å². The zero-order valence-corrected chi connectivity index (χ0v) is 15.0. The van der Waals surface area contributed by atoms with Crippen LogP contribution in [0.3, 0.4) is 0 Å². The van der Waals surface area contributed by atoms with E-state index in [0.29, 0.717) is 17.9 Å². The van der Waals surface area contributed by atoms with Gasteiger partial charge >= 0.3 is 0 Å². The van der Waals surface area contributed by atoms with Crippen LogP contribution in [0.4, 0.5) is 4.39 Å². The van der Waals surface area contributed by atoms with E-state index in [2.05, 4.69) is 9.97 Å². The highest BCUT2D eigenvalue weighted by atomic mass is 19.1. The number of hydrogen-bond donors (Lipinski definition) is 2. The Morgan fingerprint density at radius 1 is 1.38 bits per heavy atom. The number of rotatable bonds is 4. The van der Waals surface area contributed by atoms with Crippen molar-refractivity contribution in [1.82, 2.24) is 14.9 Å². The number of imidazole rings is 1. The first-order valence-electron chi connectivity index (χ1n) is 9.34. The molecule has 0 spiro atoms. The molecule has 1 amide bonds. The van der Waals surface area contributed by atoms with Crippen LogP contribution in [0.5, 0.6) is 0 Å². The lowest BCUT2D eigenvalue weighted by Gasteiger charge is -2.40. The van der Waals surface area contributed by atoms with Gasteiger partial charge in [0.2, 0.25) is 5.91 Å². The minimum absolute atomic E-state index is 0.0424. The van der Waals surface area contributed by atoms with Gasteiger partial charge in [-0.2, -0.15) is 0 Å². The minimum Gasteiger partial charge on any atom is -0.348 e. The van der Waals surface area contributed by atoms with Crippen LogP contribution in [0.1, 0.15) is 48.4 Å². The average molecular weight is 356 g/mol. The number of aromatic amines is 1. The number of amides is 1. The normalized spacial score (nSPS) is 26.1. The second-order valence-electron chi connectivity index (χ2n) is 7.69. The van der Waals surface area contributed by atoms with Crippen molar-refractivity contribution < 1.29 is 9.18 Å². The van der Waals surface area contributed by atoms with E-state index in [9.17, 15) is 9.18 Å². The Morgan fingerprint density at radius 3 is 2.73 bits per heavy atom. The number of aromatic nitrogens is 2. The highest BCUT2D eigenvalue weighted by Gasteiger charge is 2.44. The number of aryl methyl sites for hydroxylation is 1. The number of piperidine rings is 1. The molecule has 4 rings (SSSR count). The smallest absolute Gasteiger partial charge is 0.240 e. The quantitative estimate of drug-likeness (QED) is 0.884. The molecule has 1 unspecified atom stereocenters. The molecule has 2 aliphatic rings. The van der Waals surface area contributed by atoms with Gasteiger partial charge in [0.25, 0.3) is 0 Å². The summed E-state index contributed by atoms with van der Waals surface area (Å²) < 4.78 is 13.6. The number of fused-ring (bicyclic) bond motifs is 2. The third-order valence-corrected chi connectivity index (χ3v) is 5.95. The topological polar surface area (TPSA) is 75.0 Å². The zero-order chi connectivity index (χ0) is 18.3. The molecule has 4 atom stereocenters. The van der Waals surface area contributed by atoms with Crippen LogP contribution in [-0.2, 0) is 11.2 Å². The van der Waals surface area contributed by atoms with E-state index in [1.165, 1.54) is 5.56 Å². The van der Waals surface area contributed by atoms with E-state index < -0.39 is 6.04 Å². The maximum atomic E-state index is 13.6. The molecule has 26 heavy (non-hydrogen) atoms. The Balaban J connectivity index is 1.46. The second kappa shape index (κ2) is 6.83. The van der Waals surface area contributed by atoms with Crippen molar-refractivity contribution >= 4 is 5.91 Å². The number of benzene rings is 1. The first-order valence-corrected chi connectivity index (χ1v) is 9.34. The van der Waals surface area contributed by atoms with Gasteiger partial charge in [0.15, 0.2) is 0 Å². The van der Waals surface area contributed by atoms with E-state index in [4.69, 9.17) is 5.73 Å². The molecule has 2 bridgehead atoms. The largest absolute Gasteiger partial charge is 0.348 e. The van der Waals surface area contributed by atoms with Crippen LogP contribution in [-0.4, -0.2) is 38.9 Å². The van der Waals surface area contributed by atoms with Gasteiger partial charge in [-0.05, 0) is 55.7 Å². The van der Waals surface area contributed by atoms with Crippen molar-refractivity contribution in [2.45, 2.75) is 63.1 Å². The maximum absolute atomic E-state index is 13.6. The predicted molar refractivity (Wildman–Crippen MR) is 97.0 cm³/mol. The summed E-state index contributed by atoms with van der Waals surface area (Å²) in [7, 11) is 0. The molecule has 0 saturated carbocycles. The fourth-order valence-electron chi connectivity index (χ4n) is 4.64. The molecule has 0 aliphatic carbocycles. The third kappa shape index (κ3) is 3.14. The van der Waals surface area contributed by atoms with Gasteiger partial charge in [-0.3, -0.25) is 4.79 Å². The van der Waals surface area contributed by atoms with Crippen LogP contribution < -0.4 is 5.73 Å². The summed E-state index contributed by atoms with van der Waals surface area (Å²) in [6.07, 6.45) is 7.73. The first-order chi connectivity index (χ1) is 12.5. The van der Waals surface area contributed by atoms with Crippen molar-refractivity contribution in [3.8, 4) is 0 Å². The zero-order valence-electron chi connectivity index (χ0n) is 15.0. The van der Waals surface area contributed by atoms with Crippen molar-refractivity contribution in [1.29, 1.82) is 0 Å². The van der Waals surface area contributed by atoms with Crippen LogP contribution in [0.15, 0.2) is 30.7 Å². The lowest BCUT2D eigenvalue weighted by atomic mass is 9.84. The number of hydrogen-bond acceptors (Lipinski definition) is 3. The molecule has 6 heteroatoms. The highest BCUT2D eigenvalue weighted by molar-refractivity contribution is 5.83. The molecule has 0 radical (unpaired) electrons.